The van der Waals surface area contributed by atoms with Gasteiger partial charge in [-0.15, -0.1) is 0 Å². The topological polar surface area (TPSA) is 86.3 Å². The van der Waals surface area contributed by atoms with E-state index in [0.29, 0.717) is 22.7 Å². The van der Waals surface area contributed by atoms with E-state index in [9.17, 15) is 18.4 Å². The highest BCUT2D eigenvalue weighted by atomic mass is 19.3. The molecule has 0 saturated heterocycles. The zero-order valence-electron chi connectivity index (χ0n) is 17.8. The minimum absolute atomic E-state index is 0.0245. The summed E-state index contributed by atoms with van der Waals surface area (Å²) in [6.07, 6.45) is 0. The summed E-state index contributed by atoms with van der Waals surface area (Å²) >= 11 is 0. The van der Waals surface area contributed by atoms with Gasteiger partial charge >= 0.3 is 18.6 Å². The summed E-state index contributed by atoms with van der Waals surface area (Å²) in [6.45, 7) is -1.41. The van der Waals surface area contributed by atoms with Gasteiger partial charge in [0.05, 0.1) is 38.6 Å². The Bertz CT molecular complexity index is 1040. The minimum atomic E-state index is -3.03. The first-order valence-corrected chi connectivity index (χ1v) is 9.47. The Hall–Kier alpha value is -3.82. The number of urea groups is 1. The van der Waals surface area contributed by atoms with Gasteiger partial charge in [0.1, 0.15) is 5.75 Å². The Labute approximate surface area is 183 Å². The molecule has 10 heteroatoms. The van der Waals surface area contributed by atoms with Gasteiger partial charge < -0.3 is 24.3 Å². The van der Waals surface area contributed by atoms with Crippen LogP contribution in [-0.2, 0) is 9.53 Å². The lowest BCUT2D eigenvalue weighted by Gasteiger charge is -2.35. The van der Waals surface area contributed by atoms with Crippen LogP contribution in [-0.4, -0.2) is 39.9 Å². The summed E-state index contributed by atoms with van der Waals surface area (Å²) in [4.78, 5) is 27.0. The molecule has 0 spiro atoms. The Balaban J connectivity index is 2.08. The van der Waals surface area contributed by atoms with Gasteiger partial charge in [0.2, 0.25) is 0 Å². The molecule has 1 aliphatic heterocycles. The molecule has 1 aliphatic rings. The number of amides is 2. The maximum absolute atomic E-state index is 13.0. The lowest BCUT2D eigenvalue weighted by molar-refractivity contribution is -0.136. The fourth-order valence-electron chi connectivity index (χ4n) is 3.47. The van der Waals surface area contributed by atoms with E-state index < -0.39 is 24.7 Å². The number of halogens is 2. The van der Waals surface area contributed by atoms with Crippen molar-refractivity contribution in [3.05, 3.63) is 59.3 Å². The van der Waals surface area contributed by atoms with Gasteiger partial charge in [0.15, 0.2) is 11.5 Å². The molecule has 170 valence electrons. The zero-order valence-corrected chi connectivity index (χ0v) is 17.8. The highest BCUT2D eigenvalue weighted by Gasteiger charge is 2.37. The van der Waals surface area contributed by atoms with Crippen molar-refractivity contribution >= 4 is 17.7 Å². The van der Waals surface area contributed by atoms with Crippen molar-refractivity contribution in [1.82, 2.24) is 5.32 Å². The summed E-state index contributed by atoms with van der Waals surface area (Å²) in [7, 11) is 4.05. The van der Waals surface area contributed by atoms with E-state index in [4.69, 9.17) is 14.2 Å². The summed E-state index contributed by atoms with van der Waals surface area (Å²) in [5.74, 6) is -0.194. The number of anilines is 1. The number of carbonyl (C=O) groups excluding carboxylic acids is 2. The second-order valence-electron chi connectivity index (χ2n) is 6.70. The van der Waals surface area contributed by atoms with Crippen molar-refractivity contribution in [2.75, 3.05) is 26.2 Å². The maximum Gasteiger partial charge on any atom is 0.387 e. The van der Waals surface area contributed by atoms with Crippen LogP contribution in [0.5, 0.6) is 17.2 Å². The number of allylic oxidation sites excluding steroid dienone is 1. The molecule has 0 aliphatic carbocycles. The molecule has 0 fully saturated rings. The zero-order chi connectivity index (χ0) is 23.4. The fourth-order valence-corrected chi connectivity index (χ4v) is 3.47. The van der Waals surface area contributed by atoms with Gasteiger partial charge in [0.25, 0.3) is 0 Å². The maximum atomic E-state index is 13.0. The van der Waals surface area contributed by atoms with Gasteiger partial charge in [-0.1, -0.05) is 6.07 Å². The molecule has 2 amide bonds. The molecular weight excluding hydrogens is 426 g/mol. The Morgan fingerprint density at radius 1 is 1.03 bits per heavy atom. The number of alkyl halides is 2. The lowest BCUT2D eigenvalue weighted by Crippen LogP contribution is -2.48. The highest BCUT2D eigenvalue weighted by molar-refractivity contribution is 6.03. The van der Waals surface area contributed by atoms with E-state index >= 15 is 0 Å². The van der Waals surface area contributed by atoms with E-state index in [0.717, 1.165) is 0 Å². The third kappa shape index (κ3) is 4.43. The molecule has 0 aromatic heterocycles. The molecule has 1 heterocycles. The third-order valence-corrected chi connectivity index (χ3v) is 4.96. The average Bonchev–Trinajstić information content (AvgIpc) is 2.78. The molecule has 2 aromatic rings. The van der Waals surface area contributed by atoms with E-state index in [1.54, 1.807) is 31.2 Å². The quantitative estimate of drug-likeness (QED) is 0.644. The van der Waals surface area contributed by atoms with Gasteiger partial charge in [-0.05, 0) is 48.9 Å². The van der Waals surface area contributed by atoms with Crippen molar-refractivity contribution in [3.63, 3.8) is 0 Å². The lowest BCUT2D eigenvalue weighted by atomic mass is 9.94. The van der Waals surface area contributed by atoms with E-state index in [1.165, 1.54) is 44.4 Å². The van der Waals surface area contributed by atoms with Crippen molar-refractivity contribution in [1.29, 1.82) is 0 Å². The molecular formula is C22H22F2N2O6. The van der Waals surface area contributed by atoms with Crippen LogP contribution in [0.4, 0.5) is 19.3 Å². The summed E-state index contributed by atoms with van der Waals surface area (Å²) in [5, 5.41) is 2.77. The molecule has 0 bridgehead atoms. The number of carbonyl (C=O) groups is 2. The first kappa shape index (κ1) is 22.9. The first-order valence-electron chi connectivity index (χ1n) is 9.47. The normalized spacial score (nSPS) is 16.0. The number of nitrogens with one attached hydrogen (secondary N) is 1. The number of methoxy groups -OCH3 is 3. The average molecular weight is 448 g/mol. The SMILES string of the molecule is COC(=O)C1=C(C)N(c2ccc(OC)cc2)C(=O)NC1c1ccc(OC(F)F)c(OC)c1. The number of rotatable bonds is 7. The summed E-state index contributed by atoms with van der Waals surface area (Å²) in [6, 6.07) is 9.50. The predicted octanol–water partition coefficient (Wildman–Crippen LogP) is 4.02. The molecule has 0 saturated carbocycles. The Kier molecular flexibility index (Phi) is 6.82. The second-order valence-corrected chi connectivity index (χ2v) is 6.70. The standard InChI is InChI=1S/C22H22F2N2O6/c1-12-18(20(27)31-4)19(13-5-10-16(32-21(23)24)17(11-13)30-3)25-22(28)26(12)14-6-8-15(29-2)9-7-14/h5-11,19,21H,1-4H3,(H,25,28). The second kappa shape index (κ2) is 9.54. The van der Waals surface area contributed by atoms with Gasteiger partial charge in [0, 0.05) is 5.70 Å². The van der Waals surface area contributed by atoms with E-state index in [2.05, 4.69) is 10.1 Å². The number of nitrogens with zero attached hydrogens (tertiary/aromatic N) is 1. The Morgan fingerprint density at radius 3 is 2.28 bits per heavy atom. The minimum Gasteiger partial charge on any atom is -0.497 e. The van der Waals surface area contributed by atoms with Crippen LogP contribution in [0.2, 0.25) is 0 Å². The van der Waals surface area contributed by atoms with Crippen LogP contribution in [0.3, 0.4) is 0 Å². The molecule has 3 rings (SSSR count). The van der Waals surface area contributed by atoms with Gasteiger partial charge in [-0.25, -0.2) is 9.59 Å². The van der Waals surface area contributed by atoms with Crippen LogP contribution in [0.25, 0.3) is 0 Å². The van der Waals surface area contributed by atoms with Crippen LogP contribution < -0.4 is 24.4 Å². The highest BCUT2D eigenvalue weighted by Crippen LogP contribution is 2.38. The number of hydrogen-bond acceptors (Lipinski definition) is 6. The van der Waals surface area contributed by atoms with Crippen molar-refractivity contribution in [2.24, 2.45) is 0 Å². The predicted molar refractivity (Wildman–Crippen MR) is 111 cm³/mol. The molecule has 1 unspecified atom stereocenters. The number of benzene rings is 2. The monoisotopic (exact) mass is 448 g/mol. The van der Waals surface area contributed by atoms with Crippen LogP contribution in [0.15, 0.2) is 53.7 Å². The Morgan fingerprint density at radius 2 is 1.72 bits per heavy atom. The molecule has 2 aromatic carbocycles. The molecule has 0 radical (unpaired) electrons. The molecule has 32 heavy (non-hydrogen) atoms. The van der Waals surface area contributed by atoms with Crippen LogP contribution >= 0.6 is 0 Å². The smallest absolute Gasteiger partial charge is 0.387 e. The first-order chi connectivity index (χ1) is 15.3. The summed E-state index contributed by atoms with van der Waals surface area (Å²) in [5.41, 5.74) is 1.46. The number of hydrogen-bond donors (Lipinski definition) is 1. The molecule has 1 atom stereocenters. The van der Waals surface area contributed by atoms with Crippen molar-refractivity contribution in [3.8, 4) is 17.2 Å². The molecule has 8 nitrogen and oxygen atoms in total. The molecule has 1 N–H and O–H groups in total. The van der Waals surface area contributed by atoms with Crippen LogP contribution in [0, 0.1) is 0 Å². The van der Waals surface area contributed by atoms with Crippen molar-refractivity contribution in [2.45, 2.75) is 19.6 Å². The fraction of sp³-hybridized carbons (Fsp3) is 0.273. The van der Waals surface area contributed by atoms with Gasteiger partial charge in [-0.2, -0.15) is 8.78 Å². The van der Waals surface area contributed by atoms with Crippen molar-refractivity contribution < 1.29 is 37.3 Å². The number of esters is 1. The third-order valence-electron chi connectivity index (χ3n) is 4.96. The van der Waals surface area contributed by atoms with E-state index in [1.807, 2.05) is 0 Å². The summed E-state index contributed by atoms with van der Waals surface area (Å²) < 4.78 is 45.0. The van der Waals surface area contributed by atoms with Crippen LogP contribution in [0.1, 0.15) is 18.5 Å². The number of ether oxygens (including phenoxy) is 4. The largest absolute Gasteiger partial charge is 0.497 e. The van der Waals surface area contributed by atoms with E-state index in [-0.39, 0.29) is 17.1 Å². The van der Waals surface area contributed by atoms with Gasteiger partial charge in [-0.3, -0.25) is 4.90 Å².